The molecule has 0 saturated heterocycles. The molecule has 2 aromatic heterocycles. The minimum atomic E-state index is -0.634. The van der Waals surface area contributed by atoms with Crippen molar-refractivity contribution in [1.82, 2.24) is 9.38 Å². The van der Waals surface area contributed by atoms with Crippen LogP contribution in [0.4, 0.5) is 5.69 Å². The average Bonchev–Trinajstić information content (AvgIpc) is 2.95. The molecular formula is C23H23Cl2N3O2. The maximum Gasteiger partial charge on any atom is 0.229 e. The molecule has 156 valence electrons. The summed E-state index contributed by atoms with van der Waals surface area (Å²) in [6, 6.07) is 6.82. The quantitative estimate of drug-likeness (QED) is 0.389. The molecule has 0 aliphatic carbocycles. The molecule has 7 heteroatoms. The molecule has 0 radical (unpaired) electrons. The van der Waals surface area contributed by atoms with Gasteiger partial charge < -0.3 is 9.72 Å². The lowest BCUT2D eigenvalue weighted by atomic mass is 9.95. The molecule has 0 spiro atoms. The summed E-state index contributed by atoms with van der Waals surface area (Å²) in [6.45, 7) is 9.26. The van der Waals surface area contributed by atoms with E-state index in [-0.39, 0.29) is 11.7 Å². The molecule has 0 bridgehead atoms. The number of hydrogen-bond acceptors (Lipinski definition) is 3. The number of anilines is 1. The first-order valence-corrected chi connectivity index (χ1v) is 10.2. The molecule has 0 fully saturated rings. The first kappa shape index (κ1) is 22.1. The van der Waals surface area contributed by atoms with Gasteiger partial charge >= 0.3 is 0 Å². The van der Waals surface area contributed by atoms with Crippen molar-refractivity contribution in [2.45, 2.75) is 34.6 Å². The van der Waals surface area contributed by atoms with Crippen LogP contribution in [-0.2, 0) is 4.79 Å². The van der Waals surface area contributed by atoms with Crippen LogP contribution in [0.25, 0.3) is 11.7 Å². The minimum Gasteiger partial charge on any atom is -0.322 e. The molecule has 1 aromatic carbocycles. The summed E-state index contributed by atoms with van der Waals surface area (Å²) in [7, 11) is 0. The van der Waals surface area contributed by atoms with Crippen LogP contribution in [-0.4, -0.2) is 21.1 Å². The molecule has 0 atom stereocenters. The summed E-state index contributed by atoms with van der Waals surface area (Å²) in [5.74, 6) is -0.503. The highest BCUT2D eigenvalue weighted by molar-refractivity contribution is 6.37. The monoisotopic (exact) mass is 443 g/mol. The summed E-state index contributed by atoms with van der Waals surface area (Å²) >= 11 is 12.4. The third-order valence-corrected chi connectivity index (χ3v) is 5.52. The van der Waals surface area contributed by atoms with Crippen LogP contribution < -0.4 is 5.32 Å². The van der Waals surface area contributed by atoms with Crippen LogP contribution in [0.5, 0.6) is 0 Å². The van der Waals surface area contributed by atoms with Gasteiger partial charge in [0, 0.05) is 32.9 Å². The fraction of sp³-hybridized carbons (Fsp3) is 0.261. The number of carbonyl (C=O) groups excluding carboxylic acids is 2. The Morgan fingerprint density at radius 1 is 1.10 bits per heavy atom. The molecule has 0 unspecified atom stereocenters. The molecule has 2 heterocycles. The van der Waals surface area contributed by atoms with Crippen molar-refractivity contribution in [3.63, 3.8) is 0 Å². The van der Waals surface area contributed by atoms with E-state index >= 15 is 0 Å². The first-order valence-electron chi connectivity index (χ1n) is 9.47. The summed E-state index contributed by atoms with van der Waals surface area (Å²) < 4.78 is 1.86. The third-order valence-electron chi connectivity index (χ3n) is 4.86. The number of aryl methyl sites for hydroxylation is 2. The lowest BCUT2D eigenvalue weighted by Crippen LogP contribution is -2.28. The van der Waals surface area contributed by atoms with Crippen molar-refractivity contribution in [2.75, 3.05) is 5.32 Å². The highest BCUT2D eigenvalue weighted by Gasteiger charge is 2.25. The molecule has 30 heavy (non-hydrogen) atoms. The van der Waals surface area contributed by atoms with Gasteiger partial charge in [0.1, 0.15) is 0 Å². The largest absolute Gasteiger partial charge is 0.322 e. The second-order valence-corrected chi connectivity index (χ2v) is 8.93. The van der Waals surface area contributed by atoms with Gasteiger partial charge in [-0.1, -0.05) is 50.0 Å². The molecule has 0 saturated carbocycles. The lowest BCUT2D eigenvalue weighted by molar-refractivity contribution is -0.123. The number of rotatable bonds is 4. The number of pyridine rings is 1. The Morgan fingerprint density at radius 2 is 1.73 bits per heavy atom. The lowest BCUT2D eigenvalue weighted by Gasteiger charge is -2.19. The Labute approximate surface area is 185 Å². The van der Waals surface area contributed by atoms with Gasteiger partial charge in [-0.2, -0.15) is 0 Å². The van der Waals surface area contributed by atoms with Gasteiger partial charge in [-0.15, -0.1) is 0 Å². The number of imidazole rings is 1. The maximum atomic E-state index is 13.1. The summed E-state index contributed by atoms with van der Waals surface area (Å²) in [4.78, 5) is 30.3. The van der Waals surface area contributed by atoms with Gasteiger partial charge in [-0.3, -0.25) is 9.59 Å². The molecule has 0 aliphatic heterocycles. The Morgan fingerprint density at radius 3 is 2.33 bits per heavy atom. The number of allylic oxidation sites excluding steroid dienone is 1. The topological polar surface area (TPSA) is 63.5 Å². The van der Waals surface area contributed by atoms with E-state index in [1.807, 2.05) is 39.0 Å². The number of ketones is 1. The van der Waals surface area contributed by atoms with Crippen LogP contribution in [0, 0.1) is 19.3 Å². The smallest absolute Gasteiger partial charge is 0.229 e. The van der Waals surface area contributed by atoms with E-state index in [0.29, 0.717) is 32.5 Å². The van der Waals surface area contributed by atoms with E-state index in [0.717, 1.165) is 11.4 Å². The average molecular weight is 444 g/mol. The first-order chi connectivity index (χ1) is 14.0. The molecule has 1 N–H and O–H groups in total. The number of halogens is 2. The van der Waals surface area contributed by atoms with Gasteiger partial charge in [0.25, 0.3) is 0 Å². The Bertz CT molecular complexity index is 1170. The van der Waals surface area contributed by atoms with Gasteiger partial charge in [0.05, 0.1) is 16.9 Å². The van der Waals surface area contributed by atoms with Crippen molar-refractivity contribution in [3.05, 3.63) is 69.1 Å². The normalized spacial score (nSPS) is 12.0. The van der Waals surface area contributed by atoms with Crippen LogP contribution in [0.2, 0.25) is 10.0 Å². The third kappa shape index (κ3) is 4.27. The molecule has 3 rings (SSSR count). The summed E-state index contributed by atoms with van der Waals surface area (Å²) in [5, 5.41) is 3.80. The second kappa shape index (κ2) is 8.25. The van der Waals surface area contributed by atoms with E-state index in [1.54, 1.807) is 36.5 Å². The molecule has 1 amide bonds. The maximum absolute atomic E-state index is 13.1. The summed E-state index contributed by atoms with van der Waals surface area (Å²) in [5.41, 5.74) is 2.93. The Balaban J connectivity index is 2.10. The predicted octanol–water partition coefficient (Wildman–Crippen LogP) is 6.14. The van der Waals surface area contributed by atoms with Crippen molar-refractivity contribution in [2.24, 2.45) is 5.41 Å². The Hall–Kier alpha value is -2.63. The van der Waals surface area contributed by atoms with Gasteiger partial charge in [-0.25, -0.2) is 4.98 Å². The van der Waals surface area contributed by atoms with Gasteiger partial charge in [0.15, 0.2) is 11.4 Å². The zero-order chi connectivity index (χ0) is 22.2. The van der Waals surface area contributed by atoms with Crippen LogP contribution in [0.1, 0.15) is 48.1 Å². The second-order valence-electron chi connectivity index (χ2n) is 8.12. The highest BCUT2D eigenvalue weighted by atomic mass is 35.5. The predicted molar refractivity (Wildman–Crippen MR) is 123 cm³/mol. The number of benzene rings is 1. The van der Waals surface area contributed by atoms with E-state index in [4.69, 9.17) is 23.2 Å². The highest BCUT2D eigenvalue weighted by Crippen LogP contribution is 2.29. The van der Waals surface area contributed by atoms with Gasteiger partial charge in [-0.05, 0) is 44.2 Å². The molecule has 0 aliphatic rings. The number of hydrogen-bond donors (Lipinski definition) is 1. The van der Waals surface area contributed by atoms with Crippen molar-refractivity contribution in [1.29, 1.82) is 0 Å². The molecular weight excluding hydrogens is 421 g/mol. The standard InChI is InChI=1S/C23H23Cl2N3O2/c1-13-14(2)28-12-11-16(20(21(28)26-13)27-22(30)23(3,4)5)19(29)10-9-15-17(24)7-6-8-18(15)25/h6-12H,1-5H3,(H,27,30)/b10-9+. The fourth-order valence-corrected chi connectivity index (χ4v) is 3.41. The van der Waals surface area contributed by atoms with E-state index < -0.39 is 5.41 Å². The number of fused-ring (bicyclic) bond motifs is 1. The van der Waals surface area contributed by atoms with Crippen molar-refractivity contribution < 1.29 is 9.59 Å². The number of nitrogens with one attached hydrogen (secondary N) is 1. The van der Waals surface area contributed by atoms with Crippen LogP contribution >= 0.6 is 23.2 Å². The van der Waals surface area contributed by atoms with Crippen LogP contribution in [0.3, 0.4) is 0 Å². The zero-order valence-electron chi connectivity index (χ0n) is 17.5. The summed E-state index contributed by atoms with van der Waals surface area (Å²) in [6.07, 6.45) is 4.75. The van der Waals surface area contributed by atoms with Crippen LogP contribution in [0.15, 0.2) is 36.5 Å². The van der Waals surface area contributed by atoms with Gasteiger partial charge in [0.2, 0.25) is 5.91 Å². The van der Waals surface area contributed by atoms with E-state index in [2.05, 4.69) is 10.3 Å². The number of carbonyl (C=O) groups is 2. The number of aromatic nitrogens is 2. The van der Waals surface area contributed by atoms with Crippen molar-refractivity contribution >= 4 is 52.3 Å². The SMILES string of the molecule is Cc1nc2c(NC(=O)C(C)(C)C)c(C(=O)/C=C/c3c(Cl)cccc3Cl)ccn2c1C. The van der Waals surface area contributed by atoms with E-state index in [9.17, 15) is 9.59 Å². The van der Waals surface area contributed by atoms with E-state index in [1.165, 1.54) is 6.08 Å². The molecule has 5 nitrogen and oxygen atoms in total. The Kier molecular flexibility index (Phi) is 6.06. The number of nitrogens with zero attached hydrogens (tertiary/aromatic N) is 2. The number of amides is 1. The zero-order valence-corrected chi connectivity index (χ0v) is 19.0. The molecule has 3 aromatic rings. The van der Waals surface area contributed by atoms with Crippen molar-refractivity contribution in [3.8, 4) is 0 Å². The fourth-order valence-electron chi connectivity index (χ4n) is 2.89. The minimum absolute atomic E-state index is 0.207.